The predicted octanol–water partition coefficient (Wildman–Crippen LogP) is 1.15. The van der Waals surface area contributed by atoms with Crippen LogP contribution in [0.4, 0.5) is 0 Å². The first kappa shape index (κ1) is 20.6. The van der Waals surface area contributed by atoms with Crippen molar-refractivity contribution >= 4 is 23.6 Å². The van der Waals surface area contributed by atoms with Crippen molar-refractivity contribution in [3.63, 3.8) is 0 Å². The number of hydrogen-bond acceptors (Lipinski definition) is 5. The number of carbonyl (C=O) groups excluding carboxylic acids is 4. The fraction of sp³-hybridized carbons (Fsp3) is 0.500. The number of nitrogens with one attached hydrogen (secondary N) is 2. The zero-order chi connectivity index (χ0) is 19.8. The molecule has 1 saturated carbocycles. The first-order chi connectivity index (χ1) is 12.9. The van der Waals surface area contributed by atoms with E-state index in [1.54, 1.807) is 0 Å². The summed E-state index contributed by atoms with van der Waals surface area (Å²) in [6.45, 7) is 1.34. The highest BCUT2D eigenvalue weighted by atomic mass is 16.5. The summed E-state index contributed by atoms with van der Waals surface area (Å²) in [4.78, 5) is 48.4. The number of amides is 2. The summed E-state index contributed by atoms with van der Waals surface area (Å²) < 4.78 is 4.83. The molecule has 2 rings (SSSR count). The number of ketones is 1. The average molecular weight is 374 g/mol. The van der Waals surface area contributed by atoms with E-state index in [1.807, 2.05) is 30.3 Å². The minimum Gasteiger partial charge on any atom is -0.467 e. The lowest BCUT2D eigenvalue weighted by atomic mass is 9.83. The molecule has 1 fully saturated rings. The van der Waals surface area contributed by atoms with Crippen LogP contribution in [-0.2, 0) is 30.3 Å². The van der Waals surface area contributed by atoms with E-state index in [0.717, 1.165) is 5.56 Å². The van der Waals surface area contributed by atoms with Gasteiger partial charge in [-0.2, -0.15) is 0 Å². The van der Waals surface area contributed by atoms with Crippen LogP contribution < -0.4 is 10.6 Å². The Hall–Kier alpha value is -2.70. The first-order valence-corrected chi connectivity index (χ1v) is 9.11. The molecular weight excluding hydrogens is 348 g/mol. The van der Waals surface area contributed by atoms with E-state index in [-0.39, 0.29) is 24.0 Å². The first-order valence-electron chi connectivity index (χ1n) is 9.11. The number of esters is 1. The van der Waals surface area contributed by atoms with Crippen LogP contribution in [0.1, 0.15) is 38.2 Å². The Bertz CT molecular complexity index is 689. The highest BCUT2D eigenvalue weighted by molar-refractivity contribution is 5.91. The Balaban J connectivity index is 2.14. The Kier molecular flexibility index (Phi) is 7.52. The zero-order valence-corrected chi connectivity index (χ0v) is 15.7. The molecule has 27 heavy (non-hydrogen) atoms. The van der Waals surface area contributed by atoms with E-state index in [4.69, 9.17) is 4.74 Å². The van der Waals surface area contributed by atoms with Gasteiger partial charge in [-0.3, -0.25) is 14.4 Å². The molecule has 0 aliphatic heterocycles. The van der Waals surface area contributed by atoms with Gasteiger partial charge in [0.05, 0.1) is 7.11 Å². The van der Waals surface area contributed by atoms with Crippen molar-refractivity contribution in [2.24, 2.45) is 5.92 Å². The third-order valence-electron chi connectivity index (χ3n) is 4.72. The number of hydrogen-bond donors (Lipinski definition) is 2. The molecule has 2 N–H and O–H groups in total. The van der Waals surface area contributed by atoms with E-state index < -0.39 is 24.0 Å². The third-order valence-corrected chi connectivity index (χ3v) is 4.72. The van der Waals surface area contributed by atoms with Crippen molar-refractivity contribution < 1.29 is 23.9 Å². The normalized spacial score (nSPS) is 18.9. The molecule has 2 amide bonds. The van der Waals surface area contributed by atoms with Crippen molar-refractivity contribution in [3.8, 4) is 0 Å². The molecular formula is C20H26N2O5. The Morgan fingerprint density at radius 3 is 2.48 bits per heavy atom. The standard InChI is InChI=1S/C20H26N2O5/c1-13(23)21-17(11-14-7-4-3-5-8-14)19(25)22-18(20(26)27-2)15-9-6-10-16(24)12-15/h3-5,7-8,15,17-18H,6,9-12H2,1-2H3,(H,21,23)(H,22,25)/t15-,17+,18-/m1/s1. The van der Waals surface area contributed by atoms with Gasteiger partial charge in [0.1, 0.15) is 17.9 Å². The average Bonchev–Trinajstić information content (AvgIpc) is 2.65. The fourth-order valence-electron chi connectivity index (χ4n) is 3.40. The van der Waals surface area contributed by atoms with Crippen LogP contribution in [0.25, 0.3) is 0 Å². The largest absolute Gasteiger partial charge is 0.467 e. The number of ether oxygens (including phenoxy) is 1. The second-order valence-electron chi connectivity index (χ2n) is 6.85. The lowest BCUT2D eigenvalue weighted by Gasteiger charge is -2.29. The summed E-state index contributed by atoms with van der Waals surface area (Å²) in [7, 11) is 1.25. The van der Waals surface area contributed by atoms with E-state index in [9.17, 15) is 19.2 Å². The molecule has 3 atom stereocenters. The number of rotatable bonds is 7. The van der Waals surface area contributed by atoms with E-state index >= 15 is 0 Å². The molecule has 0 spiro atoms. The number of benzene rings is 1. The van der Waals surface area contributed by atoms with Crippen molar-refractivity contribution in [3.05, 3.63) is 35.9 Å². The maximum atomic E-state index is 12.8. The molecule has 0 heterocycles. The van der Waals surface area contributed by atoms with E-state index in [2.05, 4.69) is 10.6 Å². The summed E-state index contributed by atoms with van der Waals surface area (Å²) in [5.74, 6) is -1.60. The van der Waals surface area contributed by atoms with Gasteiger partial charge in [-0.05, 0) is 24.3 Å². The number of carbonyl (C=O) groups is 4. The number of methoxy groups -OCH3 is 1. The maximum Gasteiger partial charge on any atom is 0.328 e. The Labute approximate surface area is 158 Å². The quantitative estimate of drug-likeness (QED) is 0.697. The smallest absolute Gasteiger partial charge is 0.328 e. The molecule has 1 aliphatic carbocycles. The van der Waals surface area contributed by atoms with Crippen molar-refractivity contribution in [2.45, 2.75) is 51.1 Å². The highest BCUT2D eigenvalue weighted by Gasteiger charge is 2.35. The maximum absolute atomic E-state index is 12.8. The van der Waals surface area contributed by atoms with Crippen LogP contribution in [0.15, 0.2) is 30.3 Å². The fourth-order valence-corrected chi connectivity index (χ4v) is 3.40. The zero-order valence-electron chi connectivity index (χ0n) is 15.7. The van der Waals surface area contributed by atoms with Gasteiger partial charge in [0.15, 0.2) is 0 Å². The summed E-state index contributed by atoms with van der Waals surface area (Å²) >= 11 is 0. The van der Waals surface area contributed by atoms with Gasteiger partial charge >= 0.3 is 5.97 Å². The van der Waals surface area contributed by atoms with Gasteiger partial charge < -0.3 is 15.4 Å². The number of Topliss-reactive ketones (excluding diaryl/α,β-unsaturated/α-hetero) is 1. The molecule has 0 aromatic heterocycles. The highest BCUT2D eigenvalue weighted by Crippen LogP contribution is 2.25. The molecule has 146 valence electrons. The van der Waals surface area contributed by atoms with Crippen LogP contribution in [0.2, 0.25) is 0 Å². The Morgan fingerprint density at radius 1 is 1.19 bits per heavy atom. The summed E-state index contributed by atoms with van der Waals surface area (Å²) in [5.41, 5.74) is 0.883. The van der Waals surface area contributed by atoms with Gasteiger partial charge in [0, 0.05) is 26.2 Å². The monoisotopic (exact) mass is 374 g/mol. The van der Waals surface area contributed by atoms with Gasteiger partial charge in [0.2, 0.25) is 11.8 Å². The Morgan fingerprint density at radius 2 is 1.89 bits per heavy atom. The third kappa shape index (κ3) is 6.20. The van der Waals surface area contributed by atoms with Crippen LogP contribution in [-0.4, -0.2) is 42.8 Å². The molecule has 1 aliphatic rings. The van der Waals surface area contributed by atoms with E-state index in [0.29, 0.717) is 25.7 Å². The van der Waals surface area contributed by atoms with Gasteiger partial charge in [-0.15, -0.1) is 0 Å². The van der Waals surface area contributed by atoms with Crippen LogP contribution in [0.3, 0.4) is 0 Å². The SMILES string of the molecule is COC(=O)[C@H](NC(=O)[C@H](Cc1ccccc1)NC(C)=O)[C@@H]1CCCC(=O)C1. The molecule has 7 nitrogen and oxygen atoms in total. The van der Waals surface area contributed by atoms with Gasteiger partial charge in [0.25, 0.3) is 0 Å². The lowest BCUT2D eigenvalue weighted by molar-refractivity contribution is -0.147. The molecule has 1 aromatic carbocycles. The minimum atomic E-state index is -0.904. The molecule has 0 bridgehead atoms. The second-order valence-corrected chi connectivity index (χ2v) is 6.85. The van der Waals surface area contributed by atoms with Crippen molar-refractivity contribution in [1.29, 1.82) is 0 Å². The molecule has 7 heteroatoms. The van der Waals surface area contributed by atoms with Gasteiger partial charge in [-0.25, -0.2) is 4.79 Å². The van der Waals surface area contributed by atoms with Crippen LogP contribution >= 0.6 is 0 Å². The van der Waals surface area contributed by atoms with Crippen molar-refractivity contribution in [2.75, 3.05) is 7.11 Å². The van der Waals surface area contributed by atoms with Crippen LogP contribution in [0.5, 0.6) is 0 Å². The topological polar surface area (TPSA) is 102 Å². The molecule has 0 saturated heterocycles. The summed E-state index contributed by atoms with van der Waals surface area (Å²) in [6.07, 6.45) is 2.38. The summed E-state index contributed by atoms with van der Waals surface area (Å²) in [5, 5.41) is 5.34. The minimum absolute atomic E-state index is 0.0806. The summed E-state index contributed by atoms with van der Waals surface area (Å²) in [6, 6.07) is 7.56. The van der Waals surface area contributed by atoms with Crippen LogP contribution in [0, 0.1) is 5.92 Å². The van der Waals surface area contributed by atoms with E-state index in [1.165, 1.54) is 14.0 Å². The lowest BCUT2D eigenvalue weighted by Crippen LogP contribution is -2.55. The second kappa shape index (κ2) is 9.85. The molecule has 1 aromatic rings. The van der Waals surface area contributed by atoms with Gasteiger partial charge in [-0.1, -0.05) is 30.3 Å². The molecule has 0 unspecified atom stereocenters. The molecule has 0 radical (unpaired) electrons. The predicted molar refractivity (Wildman–Crippen MR) is 98.7 cm³/mol. The van der Waals surface area contributed by atoms with Crippen molar-refractivity contribution in [1.82, 2.24) is 10.6 Å².